The van der Waals surface area contributed by atoms with Crippen LogP contribution < -0.4 is 0 Å². The summed E-state index contributed by atoms with van der Waals surface area (Å²) in [5.41, 5.74) is 1.12. The molecule has 140 valence electrons. The Balaban J connectivity index is 1.46. The normalized spacial score (nSPS) is 22.5. The van der Waals surface area contributed by atoms with E-state index in [-0.39, 0.29) is 23.7 Å². The van der Waals surface area contributed by atoms with E-state index in [1.165, 1.54) is 12.1 Å². The molecule has 0 bridgehead atoms. The Kier molecular flexibility index (Phi) is 5.14. The lowest BCUT2D eigenvalue weighted by atomic mass is 10.2. The van der Waals surface area contributed by atoms with Crippen LogP contribution in [0.5, 0.6) is 0 Å². The van der Waals surface area contributed by atoms with E-state index >= 15 is 0 Å². The first-order valence-corrected chi connectivity index (χ1v) is 9.05. The smallest absolute Gasteiger partial charge is 0.289 e. The SMILES string of the molecule is O=C(c1nc2ccc(F)cc2[nH]1)N1CCCO[C@H](CN2CCOCC2)C1. The molecule has 0 unspecified atom stereocenters. The minimum atomic E-state index is -0.353. The molecule has 1 aromatic heterocycles. The number of carbonyl (C=O) groups is 1. The lowest BCUT2D eigenvalue weighted by molar-refractivity contribution is -0.0113. The van der Waals surface area contributed by atoms with Crippen molar-refractivity contribution in [2.45, 2.75) is 12.5 Å². The highest BCUT2D eigenvalue weighted by Gasteiger charge is 2.27. The molecule has 1 aromatic carbocycles. The van der Waals surface area contributed by atoms with Gasteiger partial charge in [-0.2, -0.15) is 0 Å². The molecule has 2 aliphatic rings. The van der Waals surface area contributed by atoms with Gasteiger partial charge in [0.2, 0.25) is 0 Å². The number of aromatic amines is 1. The molecule has 2 aliphatic heterocycles. The number of hydrogen-bond acceptors (Lipinski definition) is 5. The largest absolute Gasteiger partial charge is 0.379 e. The van der Waals surface area contributed by atoms with Gasteiger partial charge in [0, 0.05) is 39.3 Å². The van der Waals surface area contributed by atoms with E-state index in [0.717, 1.165) is 39.3 Å². The average Bonchev–Trinajstić information content (AvgIpc) is 2.93. The van der Waals surface area contributed by atoms with Crippen molar-refractivity contribution in [3.05, 3.63) is 29.8 Å². The van der Waals surface area contributed by atoms with Crippen LogP contribution in [0.15, 0.2) is 18.2 Å². The zero-order valence-electron chi connectivity index (χ0n) is 14.6. The van der Waals surface area contributed by atoms with Gasteiger partial charge in [-0.05, 0) is 24.6 Å². The Morgan fingerprint density at radius 2 is 2.12 bits per heavy atom. The van der Waals surface area contributed by atoms with Crippen molar-refractivity contribution in [1.29, 1.82) is 0 Å². The molecule has 2 aromatic rings. The quantitative estimate of drug-likeness (QED) is 0.890. The summed E-state index contributed by atoms with van der Waals surface area (Å²) < 4.78 is 24.7. The third kappa shape index (κ3) is 3.87. The van der Waals surface area contributed by atoms with Crippen LogP contribution in [0.4, 0.5) is 4.39 Å². The van der Waals surface area contributed by atoms with Gasteiger partial charge in [0.05, 0.1) is 30.4 Å². The van der Waals surface area contributed by atoms with Gasteiger partial charge in [-0.15, -0.1) is 0 Å². The summed E-state index contributed by atoms with van der Waals surface area (Å²) in [6.45, 7) is 5.86. The molecule has 1 N–H and O–H groups in total. The van der Waals surface area contributed by atoms with Crippen molar-refractivity contribution < 1.29 is 18.7 Å². The summed E-state index contributed by atoms with van der Waals surface area (Å²) in [7, 11) is 0. The van der Waals surface area contributed by atoms with Crippen molar-refractivity contribution in [2.24, 2.45) is 0 Å². The fraction of sp³-hybridized carbons (Fsp3) is 0.556. The first kappa shape index (κ1) is 17.4. The second-order valence-electron chi connectivity index (χ2n) is 6.76. The predicted molar refractivity (Wildman–Crippen MR) is 93.6 cm³/mol. The van der Waals surface area contributed by atoms with Crippen LogP contribution in [0.3, 0.4) is 0 Å². The van der Waals surface area contributed by atoms with E-state index in [4.69, 9.17) is 9.47 Å². The van der Waals surface area contributed by atoms with Gasteiger partial charge >= 0.3 is 0 Å². The first-order valence-electron chi connectivity index (χ1n) is 9.05. The van der Waals surface area contributed by atoms with Crippen molar-refractivity contribution >= 4 is 16.9 Å². The van der Waals surface area contributed by atoms with Crippen molar-refractivity contribution in [3.63, 3.8) is 0 Å². The van der Waals surface area contributed by atoms with E-state index in [0.29, 0.717) is 30.7 Å². The maximum Gasteiger partial charge on any atom is 0.289 e. The molecule has 3 heterocycles. The second-order valence-corrected chi connectivity index (χ2v) is 6.76. The molecule has 2 saturated heterocycles. The number of rotatable bonds is 3. The maximum absolute atomic E-state index is 13.4. The predicted octanol–water partition coefficient (Wildman–Crippen LogP) is 1.27. The molecule has 0 spiro atoms. The number of hydrogen-bond donors (Lipinski definition) is 1. The number of fused-ring (bicyclic) bond motifs is 1. The van der Waals surface area contributed by atoms with E-state index in [2.05, 4.69) is 14.9 Å². The Hall–Kier alpha value is -2.03. The van der Waals surface area contributed by atoms with Gasteiger partial charge in [-0.1, -0.05) is 0 Å². The maximum atomic E-state index is 13.4. The Labute approximate surface area is 151 Å². The van der Waals surface area contributed by atoms with Gasteiger partial charge in [-0.3, -0.25) is 9.69 Å². The Bertz CT molecular complexity index is 775. The van der Waals surface area contributed by atoms with Crippen LogP contribution in [0.2, 0.25) is 0 Å². The molecule has 0 saturated carbocycles. The average molecular weight is 362 g/mol. The molecular weight excluding hydrogens is 339 g/mol. The molecule has 7 nitrogen and oxygen atoms in total. The van der Waals surface area contributed by atoms with Crippen molar-refractivity contribution in [2.75, 3.05) is 52.5 Å². The molecule has 1 atom stereocenters. The topological polar surface area (TPSA) is 70.7 Å². The highest BCUT2D eigenvalue weighted by atomic mass is 19.1. The monoisotopic (exact) mass is 362 g/mol. The van der Waals surface area contributed by atoms with Gasteiger partial charge < -0.3 is 19.4 Å². The van der Waals surface area contributed by atoms with Crippen LogP contribution >= 0.6 is 0 Å². The number of nitrogens with zero attached hydrogens (tertiary/aromatic N) is 3. The number of carbonyl (C=O) groups excluding carboxylic acids is 1. The summed E-state index contributed by atoms with van der Waals surface area (Å²) >= 11 is 0. The number of aromatic nitrogens is 2. The van der Waals surface area contributed by atoms with Crippen molar-refractivity contribution in [3.8, 4) is 0 Å². The van der Waals surface area contributed by atoms with Crippen LogP contribution in [0, 0.1) is 5.82 Å². The zero-order chi connectivity index (χ0) is 17.9. The number of ether oxygens (including phenoxy) is 2. The molecule has 2 fully saturated rings. The first-order chi connectivity index (χ1) is 12.7. The number of H-pyrrole nitrogens is 1. The highest BCUT2D eigenvalue weighted by molar-refractivity contribution is 5.94. The second kappa shape index (κ2) is 7.69. The molecular formula is C18H23FN4O3. The van der Waals surface area contributed by atoms with Gasteiger partial charge in [0.25, 0.3) is 5.91 Å². The molecule has 8 heteroatoms. The van der Waals surface area contributed by atoms with Crippen molar-refractivity contribution in [1.82, 2.24) is 19.8 Å². The van der Waals surface area contributed by atoms with Gasteiger partial charge in [-0.25, -0.2) is 9.37 Å². The number of nitrogens with one attached hydrogen (secondary N) is 1. The summed E-state index contributed by atoms with van der Waals surface area (Å²) in [6, 6.07) is 4.27. The third-order valence-corrected chi connectivity index (χ3v) is 4.85. The minimum absolute atomic E-state index is 0.0265. The minimum Gasteiger partial charge on any atom is -0.379 e. The summed E-state index contributed by atoms with van der Waals surface area (Å²) in [6.07, 6.45) is 0.765. The van der Waals surface area contributed by atoms with E-state index in [9.17, 15) is 9.18 Å². The summed E-state index contributed by atoms with van der Waals surface area (Å²) in [5.74, 6) is -0.273. The summed E-state index contributed by atoms with van der Waals surface area (Å²) in [5, 5.41) is 0. The number of morpholine rings is 1. The molecule has 0 radical (unpaired) electrons. The Morgan fingerprint density at radius 3 is 2.96 bits per heavy atom. The third-order valence-electron chi connectivity index (χ3n) is 4.85. The molecule has 4 rings (SSSR count). The summed E-state index contributed by atoms with van der Waals surface area (Å²) in [4.78, 5) is 24.2. The number of halogens is 1. The van der Waals surface area contributed by atoms with Crippen LogP contribution in [-0.4, -0.2) is 84.3 Å². The molecule has 1 amide bonds. The van der Waals surface area contributed by atoms with E-state index in [1.54, 1.807) is 11.0 Å². The Morgan fingerprint density at radius 1 is 1.27 bits per heavy atom. The lowest BCUT2D eigenvalue weighted by Gasteiger charge is -2.31. The molecule has 26 heavy (non-hydrogen) atoms. The number of imidazole rings is 1. The molecule has 0 aliphatic carbocycles. The fourth-order valence-corrected chi connectivity index (χ4v) is 3.49. The highest BCUT2D eigenvalue weighted by Crippen LogP contribution is 2.16. The van der Waals surface area contributed by atoms with Crippen LogP contribution in [0.25, 0.3) is 11.0 Å². The van der Waals surface area contributed by atoms with E-state index in [1.807, 2.05) is 0 Å². The standard InChI is InChI=1S/C18H23FN4O3/c19-13-2-3-15-16(10-13)21-17(20-15)18(24)23-4-1-7-26-14(12-23)11-22-5-8-25-9-6-22/h2-3,10,14H,1,4-9,11-12H2,(H,20,21)/t14-/m1/s1. The van der Waals surface area contributed by atoms with Crippen LogP contribution in [0.1, 0.15) is 17.0 Å². The number of benzene rings is 1. The number of amides is 1. The van der Waals surface area contributed by atoms with Gasteiger partial charge in [0.15, 0.2) is 5.82 Å². The fourth-order valence-electron chi connectivity index (χ4n) is 3.49. The lowest BCUT2D eigenvalue weighted by Crippen LogP contribution is -2.46. The van der Waals surface area contributed by atoms with Crippen LogP contribution in [-0.2, 0) is 9.47 Å². The zero-order valence-corrected chi connectivity index (χ0v) is 14.6. The van der Waals surface area contributed by atoms with E-state index < -0.39 is 0 Å². The van der Waals surface area contributed by atoms with Gasteiger partial charge in [0.1, 0.15) is 5.82 Å².